The number of rotatable bonds is 3. The second-order valence-corrected chi connectivity index (χ2v) is 6.67. The first-order chi connectivity index (χ1) is 12.6. The molecule has 0 saturated heterocycles. The van der Waals surface area contributed by atoms with E-state index in [-0.39, 0.29) is 12.1 Å². The summed E-state index contributed by atoms with van der Waals surface area (Å²) >= 11 is 0. The van der Waals surface area contributed by atoms with Crippen LogP contribution < -0.4 is 5.32 Å². The Morgan fingerprint density at radius 1 is 1.33 bits per heavy atom. The topological polar surface area (TPSA) is 100 Å². The van der Waals surface area contributed by atoms with Crippen LogP contribution >= 0.6 is 0 Å². The highest BCUT2D eigenvalue weighted by Crippen LogP contribution is 2.36. The maximum atomic E-state index is 12.7. The molecule has 0 radical (unpaired) electrons. The molecule has 4 unspecified atom stereocenters. The van der Waals surface area contributed by atoms with E-state index in [4.69, 9.17) is 0 Å². The fourth-order valence-electron chi connectivity index (χ4n) is 3.39. The lowest BCUT2D eigenvalue weighted by Gasteiger charge is -2.23. The van der Waals surface area contributed by atoms with Crippen LogP contribution in [0.25, 0.3) is 0 Å². The molecule has 1 aliphatic carbocycles. The molecule has 1 saturated carbocycles. The lowest BCUT2D eigenvalue weighted by molar-refractivity contribution is -0.141. The zero-order valence-corrected chi connectivity index (χ0v) is 14.6. The molecule has 1 aliphatic rings. The molecule has 3 N–H and O–H groups in total. The largest absolute Gasteiger partial charge is 0.433 e. The van der Waals surface area contributed by atoms with Gasteiger partial charge < -0.3 is 15.5 Å². The molecule has 2 heterocycles. The van der Waals surface area contributed by atoms with E-state index in [1.807, 2.05) is 0 Å². The number of hydrogen-bond donors (Lipinski definition) is 3. The van der Waals surface area contributed by atoms with Crippen molar-refractivity contribution in [1.82, 2.24) is 20.1 Å². The summed E-state index contributed by atoms with van der Waals surface area (Å²) in [5.41, 5.74) is 0.268. The normalized spacial score (nSPS) is 25.6. The highest BCUT2D eigenvalue weighted by atomic mass is 19.4. The number of carbonyl (C=O) groups excluding carboxylic acids is 1. The minimum absolute atomic E-state index is 0.0869. The molecule has 27 heavy (non-hydrogen) atoms. The van der Waals surface area contributed by atoms with E-state index in [9.17, 15) is 28.2 Å². The smallest absolute Gasteiger partial charge is 0.390 e. The van der Waals surface area contributed by atoms with Gasteiger partial charge >= 0.3 is 6.18 Å². The van der Waals surface area contributed by atoms with Gasteiger partial charge in [-0.3, -0.25) is 14.5 Å². The number of nitrogens with zero attached hydrogens (tertiary/aromatic N) is 3. The Morgan fingerprint density at radius 3 is 2.56 bits per heavy atom. The maximum absolute atomic E-state index is 12.7. The molecular weight excluding hydrogens is 365 g/mol. The zero-order chi connectivity index (χ0) is 19.9. The van der Waals surface area contributed by atoms with E-state index in [0.717, 1.165) is 12.3 Å². The van der Waals surface area contributed by atoms with Crippen molar-refractivity contribution in [2.45, 2.75) is 43.7 Å². The molecule has 1 amide bonds. The van der Waals surface area contributed by atoms with Gasteiger partial charge in [0.15, 0.2) is 0 Å². The van der Waals surface area contributed by atoms with Crippen LogP contribution in [0.1, 0.15) is 39.8 Å². The Balaban J connectivity index is 1.84. The molecule has 2 aromatic heterocycles. The van der Waals surface area contributed by atoms with Crippen LogP contribution in [0.2, 0.25) is 0 Å². The van der Waals surface area contributed by atoms with Crippen LogP contribution in [0.5, 0.6) is 0 Å². The summed E-state index contributed by atoms with van der Waals surface area (Å²) in [4.78, 5) is 15.9. The van der Waals surface area contributed by atoms with Crippen molar-refractivity contribution in [2.75, 3.05) is 0 Å². The van der Waals surface area contributed by atoms with Crippen LogP contribution in [0.15, 0.2) is 24.4 Å². The number of alkyl halides is 3. The van der Waals surface area contributed by atoms with Gasteiger partial charge in [0, 0.05) is 19.2 Å². The van der Waals surface area contributed by atoms with Gasteiger partial charge in [0.2, 0.25) is 0 Å². The van der Waals surface area contributed by atoms with Crippen molar-refractivity contribution in [1.29, 1.82) is 0 Å². The van der Waals surface area contributed by atoms with Gasteiger partial charge in [-0.05, 0) is 31.0 Å². The van der Waals surface area contributed by atoms with Gasteiger partial charge in [-0.1, -0.05) is 6.07 Å². The number of nitrogens with one attached hydrogen (secondary N) is 1. The van der Waals surface area contributed by atoms with Crippen LogP contribution in [0, 0.1) is 6.92 Å². The van der Waals surface area contributed by atoms with Crippen molar-refractivity contribution in [2.24, 2.45) is 7.05 Å². The van der Waals surface area contributed by atoms with Crippen molar-refractivity contribution in [3.05, 3.63) is 47.0 Å². The Morgan fingerprint density at radius 2 is 2.04 bits per heavy atom. The molecule has 3 rings (SSSR count). The molecule has 0 aromatic carbocycles. The number of halogens is 3. The predicted molar refractivity (Wildman–Crippen MR) is 87.8 cm³/mol. The molecule has 1 fully saturated rings. The summed E-state index contributed by atoms with van der Waals surface area (Å²) in [7, 11) is 1.60. The molecule has 2 aromatic rings. The number of aromatic nitrogens is 3. The summed E-state index contributed by atoms with van der Waals surface area (Å²) < 4.78 is 39.5. The van der Waals surface area contributed by atoms with Gasteiger partial charge in [0.25, 0.3) is 5.91 Å². The first-order valence-corrected chi connectivity index (χ1v) is 8.28. The van der Waals surface area contributed by atoms with Crippen LogP contribution in [-0.4, -0.2) is 49.1 Å². The van der Waals surface area contributed by atoms with E-state index < -0.39 is 41.9 Å². The van der Waals surface area contributed by atoms with E-state index >= 15 is 0 Å². The van der Waals surface area contributed by atoms with Gasteiger partial charge in [-0.15, -0.1) is 0 Å². The van der Waals surface area contributed by atoms with Crippen molar-refractivity contribution in [3.63, 3.8) is 0 Å². The fraction of sp³-hybridized carbons (Fsp3) is 0.471. The average Bonchev–Trinajstić information content (AvgIpc) is 3.07. The minimum atomic E-state index is -4.56. The van der Waals surface area contributed by atoms with E-state index in [1.165, 1.54) is 10.7 Å². The Bertz CT molecular complexity index is 835. The van der Waals surface area contributed by atoms with Crippen LogP contribution in [0.4, 0.5) is 13.2 Å². The summed E-state index contributed by atoms with van der Waals surface area (Å²) in [6.07, 6.45) is -5.78. The standard InChI is InChI=1S/C17H19F3N4O3/c1-8-5-11(24(2)23-8)16(27)22-14-10(6-12(25)15(14)26)9-3-4-13(21-7-9)17(18,19)20/h3-5,7,10,12,14-15,25-26H,6H2,1-2H3,(H,22,27). The number of carbonyl (C=O) groups is 1. The molecular formula is C17H19F3N4O3. The highest BCUT2D eigenvalue weighted by Gasteiger charge is 2.44. The maximum Gasteiger partial charge on any atom is 0.433 e. The van der Waals surface area contributed by atoms with E-state index in [1.54, 1.807) is 20.0 Å². The van der Waals surface area contributed by atoms with Gasteiger partial charge in [0.05, 0.1) is 17.8 Å². The van der Waals surface area contributed by atoms with Gasteiger partial charge in [-0.2, -0.15) is 18.3 Å². The number of amides is 1. The number of aliphatic hydroxyl groups is 2. The van der Waals surface area contributed by atoms with E-state index in [2.05, 4.69) is 15.4 Å². The fourth-order valence-corrected chi connectivity index (χ4v) is 3.39. The third kappa shape index (κ3) is 3.81. The zero-order valence-electron chi connectivity index (χ0n) is 14.6. The lowest BCUT2D eigenvalue weighted by Crippen LogP contribution is -2.45. The number of aryl methyl sites for hydroxylation is 2. The van der Waals surface area contributed by atoms with Crippen molar-refractivity contribution in [3.8, 4) is 0 Å². The molecule has 10 heteroatoms. The van der Waals surface area contributed by atoms with Crippen molar-refractivity contribution < 1.29 is 28.2 Å². The first kappa shape index (κ1) is 19.3. The molecule has 0 aliphatic heterocycles. The molecule has 7 nitrogen and oxygen atoms in total. The summed E-state index contributed by atoms with van der Waals surface area (Å²) in [5.74, 6) is -1.08. The third-order valence-corrected chi connectivity index (χ3v) is 4.73. The summed E-state index contributed by atoms with van der Waals surface area (Å²) in [6.45, 7) is 1.72. The quantitative estimate of drug-likeness (QED) is 0.737. The second kappa shape index (κ2) is 6.93. The molecule has 4 atom stereocenters. The van der Waals surface area contributed by atoms with Crippen LogP contribution in [0.3, 0.4) is 0 Å². The molecule has 0 spiro atoms. The average molecular weight is 384 g/mol. The molecule has 146 valence electrons. The SMILES string of the molecule is Cc1cc(C(=O)NC2C(c3ccc(C(F)(F)F)nc3)CC(O)C2O)n(C)n1. The minimum Gasteiger partial charge on any atom is -0.390 e. The van der Waals surface area contributed by atoms with Crippen molar-refractivity contribution >= 4 is 5.91 Å². The van der Waals surface area contributed by atoms with Gasteiger partial charge in [-0.25, -0.2) is 0 Å². The Kier molecular flexibility index (Phi) is 4.96. The first-order valence-electron chi connectivity index (χ1n) is 8.28. The predicted octanol–water partition coefficient (Wildman–Crippen LogP) is 1.15. The van der Waals surface area contributed by atoms with Gasteiger partial charge in [0.1, 0.15) is 17.5 Å². The summed E-state index contributed by atoms with van der Waals surface area (Å²) in [6, 6.07) is 2.79. The number of aliphatic hydroxyl groups excluding tert-OH is 2. The van der Waals surface area contributed by atoms with Crippen LogP contribution in [-0.2, 0) is 13.2 Å². The lowest BCUT2D eigenvalue weighted by atomic mass is 9.94. The monoisotopic (exact) mass is 384 g/mol. The highest BCUT2D eigenvalue weighted by molar-refractivity contribution is 5.93. The Labute approximate surface area is 152 Å². The third-order valence-electron chi connectivity index (χ3n) is 4.73. The second-order valence-electron chi connectivity index (χ2n) is 6.67. The number of pyridine rings is 1. The molecule has 0 bridgehead atoms. The number of hydrogen-bond acceptors (Lipinski definition) is 5. The Hall–Kier alpha value is -2.46. The summed E-state index contributed by atoms with van der Waals surface area (Å²) in [5, 5.41) is 27.0. The van der Waals surface area contributed by atoms with E-state index in [0.29, 0.717) is 11.3 Å².